The molecule has 0 saturated carbocycles. The summed E-state index contributed by atoms with van der Waals surface area (Å²) in [6.07, 6.45) is 0.491. The van der Waals surface area contributed by atoms with Crippen LogP contribution in [0.4, 0.5) is 5.69 Å². The molecule has 1 amide bonds. The van der Waals surface area contributed by atoms with Crippen LogP contribution < -0.4 is 4.90 Å². The SMILES string of the molecule is Cc1ccc(C)c(CC(=O)N2CCN(c3cccc(Cl)c3)CC2)c1. The number of carbonyl (C=O) groups excluding carboxylic acids is 1. The molecule has 0 N–H and O–H groups in total. The molecule has 0 aromatic heterocycles. The molecule has 0 unspecified atom stereocenters. The highest BCUT2D eigenvalue weighted by atomic mass is 35.5. The molecule has 0 bridgehead atoms. The second-order valence-corrected chi connectivity index (χ2v) is 6.89. The Bertz CT molecular complexity index is 736. The molecule has 0 spiro atoms. The average Bonchev–Trinajstić information content (AvgIpc) is 2.58. The third-order valence-corrected chi connectivity index (χ3v) is 4.89. The van der Waals surface area contributed by atoms with Gasteiger partial charge in [-0.3, -0.25) is 4.79 Å². The number of benzene rings is 2. The zero-order chi connectivity index (χ0) is 17.1. The van der Waals surface area contributed by atoms with E-state index in [1.807, 2.05) is 23.1 Å². The van der Waals surface area contributed by atoms with Gasteiger partial charge in [0.25, 0.3) is 0 Å². The Labute approximate surface area is 148 Å². The van der Waals surface area contributed by atoms with Gasteiger partial charge < -0.3 is 9.80 Å². The minimum atomic E-state index is 0.217. The highest BCUT2D eigenvalue weighted by molar-refractivity contribution is 6.30. The number of piperazine rings is 1. The lowest BCUT2D eigenvalue weighted by Gasteiger charge is -2.36. The van der Waals surface area contributed by atoms with Crippen LogP contribution in [0, 0.1) is 13.8 Å². The van der Waals surface area contributed by atoms with Gasteiger partial charge in [0.15, 0.2) is 0 Å². The third-order valence-electron chi connectivity index (χ3n) is 4.65. The Morgan fingerprint density at radius 2 is 1.79 bits per heavy atom. The summed E-state index contributed by atoms with van der Waals surface area (Å²) in [5.41, 5.74) is 4.65. The van der Waals surface area contributed by atoms with Crippen molar-refractivity contribution in [3.8, 4) is 0 Å². The molecule has 1 fully saturated rings. The predicted molar refractivity (Wildman–Crippen MR) is 99.9 cm³/mol. The van der Waals surface area contributed by atoms with E-state index in [2.05, 4.69) is 43.0 Å². The molecule has 1 aliphatic rings. The highest BCUT2D eigenvalue weighted by Gasteiger charge is 2.21. The van der Waals surface area contributed by atoms with Gasteiger partial charge in [-0.15, -0.1) is 0 Å². The fourth-order valence-electron chi connectivity index (χ4n) is 3.15. The molecule has 0 aliphatic carbocycles. The average molecular weight is 343 g/mol. The number of hydrogen-bond donors (Lipinski definition) is 0. The quantitative estimate of drug-likeness (QED) is 0.846. The van der Waals surface area contributed by atoms with Gasteiger partial charge in [-0.1, -0.05) is 41.4 Å². The van der Waals surface area contributed by atoms with E-state index < -0.39 is 0 Å². The van der Waals surface area contributed by atoms with Gasteiger partial charge in [-0.05, 0) is 43.2 Å². The van der Waals surface area contributed by atoms with Gasteiger partial charge in [0.05, 0.1) is 6.42 Å². The number of anilines is 1. The minimum Gasteiger partial charge on any atom is -0.368 e. The topological polar surface area (TPSA) is 23.6 Å². The summed E-state index contributed by atoms with van der Waals surface area (Å²) in [6, 6.07) is 14.2. The number of hydrogen-bond acceptors (Lipinski definition) is 2. The molecule has 0 atom stereocenters. The smallest absolute Gasteiger partial charge is 0.227 e. The molecule has 0 radical (unpaired) electrons. The summed E-state index contributed by atoms with van der Waals surface area (Å²) in [7, 11) is 0. The van der Waals surface area contributed by atoms with Gasteiger partial charge in [0.1, 0.15) is 0 Å². The molecular weight excluding hydrogens is 320 g/mol. The first kappa shape index (κ1) is 16.8. The summed E-state index contributed by atoms with van der Waals surface area (Å²) in [5.74, 6) is 0.217. The molecule has 24 heavy (non-hydrogen) atoms. The van der Waals surface area contributed by atoms with Crippen molar-refractivity contribution in [2.75, 3.05) is 31.1 Å². The maximum Gasteiger partial charge on any atom is 0.227 e. The van der Waals surface area contributed by atoms with Crippen LogP contribution in [0.25, 0.3) is 0 Å². The maximum atomic E-state index is 12.6. The van der Waals surface area contributed by atoms with Crippen LogP contribution >= 0.6 is 11.6 Å². The second kappa shape index (κ2) is 7.27. The van der Waals surface area contributed by atoms with Gasteiger partial charge in [-0.2, -0.15) is 0 Å². The van der Waals surface area contributed by atoms with E-state index in [4.69, 9.17) is 11.6 Å². The molecule has 3 rings (SSSR count). The first-order chi connectivity index (χ1) is 11.5. The summed E-state index contributed by atoms with van der Waals surface area (Å²) in [6.45, 7) is 7.35. The number of rotatable bonds is 3. The molecule has 1 aliphatic heterocycles. The fraction of sp³-hybridized carbons (Fsp3) is 0.350. The Morgan fingerprint density at radius 1 is 1.04 bits per heavy atom. The third kappa shape index (κ3) is 3.90. The number of carbonyl (C=O) groups is 1. The Kier molecular flexibility index (Phi) is 5.10. The summed E-state index contributed by atoms with van der Waals surface area (Å²) >= 11 is 6.07. The minimum absolute atomic E-state index is 0.217. The van der Waals surface area contributed by atoms with E-state index in [0.29, 0.717) is 6.42 Å². The van der Waals surface area contributed by atoms with E-state index in [0.717, 1.165) is 42.5 Å². The zero-order valence-electron chi connectivity index (χ0n) is 14.3. The van der Waals surface area contributed by atoms with Gasteiger partial charge in [-0.25, -0.2) is 0 Å². The Balaban J connectivity index is 1.60. The zero-order valence-corrected chi connectivity index (χ0v) is 15.0. The van der Waals surface area contributed by atoms with Crippen LogP contribution in [0.1, 0.15) is 16.7 Å². The lowest BCUT2D eigenvalue weighted by molar-refractivity contribution is -0.130. The Hall–Kier alpha value is -2.00. The molecule has 3 nitrogen and oxygen atoms in total. The predicted octanol–water partition coefficient (Wildman–Crippen LogP) is 3.85. The lowest BCUT2D eigenvalue weighted by atomic mass is 10.0. The number of halogens is 1. The number of aryl methyl sites for hydroxylation is 2. The van der Waals surface area contributed by atoms with Crippen LogP contribution in [0.3, 0.4) is 0 Å². The fourth-order valence-corrected chi connectivity index (χ4v) is 3.34. The second-order valence-electron chi connectivity index (χ2n) is 6.45. The maximum absolute atomic E-state index is 12.6. The molecule has 1 heterocycles. The van der Waals surface area contributed by atoms with Crippen molar-refractivity contribution >= 4 is 23.2 Å². The van der Waals surface area contributed by atoms with Crippen LogP contribution in [0.15, 0.2) is 42.5 Å². The standard InChI is InChI=1S/C20H23ClN2O/c1-15-6-7-16(2)17(12-15)13-20(24)23-10-8-22(9-11-23)19-5-3-4-18(21)14-19/h3-7,12,14H,8-11,13H2,1-2H3. The molecule has 1 saturated heterocycles. The molecule has 4 heteroatoms. The molecule has 126 valence electrons. The van der Waals surface area contributed by atoms with E-state index in [1.54, 1.807) is 0 Å². The summed E-state index contributed by atoms with van der Waals surface area (Å²) in [4.78, 5) is 16.9. The summed E-state index contributed by atoms with van der Waals surface area (Å²) < 4.78 is 0. The van der Waals surface area contributed by atoms with Crippen molar-refractivity contribution in [2.45, 2.75) is 20.3 Å². The molecule has 2 aromatic carbocycles. The van der Waals surface area contributed by atoms with E-state index >= 15 is 0 Å². The van der Waals surface area contributed by atoms with Crippen molar-refractivity contribution in [2.24, 2.45) is 0 Å². The van der Waals surface area contributed by atoms with E-state index in [1.165, 1.54) is 11.1 Å². The first-order valence-corrected chi connectivity index (χ1v) is 8.75. The number of amides is 1. The van der Waals surface area contributed by atoms with Crippen molar-refractivity contribution < 1.29 is 4.79 Å². The van der Waals surface area contributed by atoms with Crippen LogP contribution in [0.2, 0.25) is 5.02 Å². The normalized spacial score (nSPS) is 14.8. The Morgan fingerprint density at radius 3 is 2.50 bits per heavy atom. The summed E-state index contributed by atoms with van der Waals surface area (Å²) in [5, 5.41) is 0.751. The highest BCUT2D eigenvalue weighted by Crippen LogP contribution is 2.21. The number of nitrogens with zero attached hydrogens (tertiary/aromatic N) is 2. The first-order valence-electron chi connectivity index (χ1n) is 8.37. The van der Waals surface area contributed by atoms with Crippen molar-refractivity contribution in [1.29, 1.82) is 0 Å². The van der Waals surface area contributed by atoms with Crippen molar-refractivity contribution in [3.05, 3.63) is 64.2 Å². The molecule has 2 aromatic rings. The van der Waals surface area contributed by atoms with Gasteiger partial charge >= 0.3 is 0 Å². The van der Waals surface area contributed by atoms with Crippen LogP contribution in [-0.2, 0) is 11.2 Å². The lowest BCUT2D eigenvalue weighted by Crippen LogP contribution is -2.49. The van der Waals surface area contributed by atoms with Crippen molar-refractivity contribution in [1.82, 2.24) is 4.90 Å². The largest absolute Gasteiger partial charge is 0.368 e. The van der Waals surface area contributed by atoms with E-state index in [9.17, 15) is 4.79 Å². The monoisotopic (exact) mass is 342 g/mol. The van der Waals surface area contributed by atoms with Gasteiger partial charge in [0, 0.05) is 36.9 Å². The van der Waals surface area contributed by atoms with Crippen LogP contribution in [-0.4, -0.2) is 37.0 Å². The van der Waals surface area contributed by atoms with Gasteiger partial charge in [0.2, 0.25) is 5.91 Å². The van der Waals surface area contributed by atoms with Crippen LogP contribution in [0.5, 0.6) is 0 Å². The van der Waals surface area contributed by atoms with E-state index in [-0.39, 0.29) is 5.91 Å². The molecular formula is C20H23ClN2O. The van der Waals surface area contributed by atoms with Crippen molar-refractivity contribution in [3.63, 3.8) is 0 Å².